The Hall–Kier alpha value is -1.24. The second-order valence-electron chi connectivity index (χ2n) is 4.02. The van der Waals surface area contributed by atoms with Crippen molar-refractivity contribution in [3.63, 3.8) is 0 Å². The largest absolute Gasteiger partial charge is 0.481 e. The van der Waals surface area contributed by atoms with Gasteiger partial charge in [-0.1, -0.05) is 0 Å². The van der Waals surface area contributed by atoms with Crippen molar-refractivity contribution in [2.45, 2.75) is 26.8 Å². The summed E-state index contributed by atoms with van der Waals surface area (Å²) in [5, 5.41) is 11.2. The Labute approximate surface area is 111 Å². The molecule has 104 valence electrons. The molecule has 0 bridgehead atoms. The first-order chi connectivity index (χ1) is 8.36. The molecule has 0 rings (SSSR count). The molecule has 0 spiro atoms. The molecular formula is C11H20N2O4S. The number of carboxylic acid groups (broad SMARTS) is 1. The number of hydrogen-bond acceptors (Lipinski definition) is 4. The van der Waals surface area contributed by atoms with Gasteiger partial charge in [-0.2, -0.15) is 0 Å². The number of nitrogens with zero attached hydrogens (tertiary/aromatic N) is 1. The highest BCUT2D eigenvalue weighted by Gasteiger charge is 2.16. The van der Waals surface area contributed by atoms with E-state index in [1.165, 1.54) is 4.90 Å². The minimum absolute atomic E-state index is 0.0150. The molecule has 7 heteroatoms. The molecule has 0 atom stereocenters. The summed E-state index contributed by atoms with van der Waals surface area (Å²) in [6.45, 7) is 5.92. The number of carbonyl (C=O) groups is 3. The third-order valence-electron chi connectivity index (χ3n) is 1.97. The molecule has 0 aromatic heterocycles. The van der Waals surface area contributed by atoms with Crippen LogP contribution in [0.1, 0.15) is 20.8 Å². The first-order valence-electron chi connectivity index (χ1n) is 5.73. The Morgan fingerprint density at radius 3 is 2.33 bits per heavy atom. The van der Waals surface area contributed by atoms with Crippen LogP contribution in [0.25, 0.3) is 0 Å². The summed E-state index contributed by atoms with van der Waals surface area (Å²) in [5.41, 5.74) is 0. The topological polar surface area (TPSA) is 86.7 Å². The van der Waals surface area contributed by atoms with Crippen molar-refractivity contribution in [1.29, 1.82) is 0 Å². The van der Waals surface area contributed by atoms with Gasteiger partial charge < -0.3 is 15.3 Å². The molecule has 0 heterocycles. The molecule has 0 aliphatic carbocycles. The van der Waals surface area contributed by atoms with E-state index in [-0.39, 0.29) is 35.9 Å². The van der Waals surface area contributed by atoms with Gasteiger partial charge in [-0.15, -0.1) is 11.8 Å². The lowest BCUT2D eigenvalue weighted by Gasteiger charge is -2.20. The van der Waals surface area contributed by atoms with Crippen LogP contribution in [-0.4, -0.2) is 58.4 Å². The smallest absolute Gasteiger partial charge is 0.313 e. The van der Waals surface area contributed by atoms with Crippen LogP contribution in [0.2, 0.25) is 0 Å². The summed E-state index contributed by atoms with van der Waals surface area (Å²) in [5.74, 6) is -1.41. The molecule has 0 aromatic rings. The predicted octanol–water partition coefficient (Wildman–Crippen LogP) is 0.177. The number of carboxylic acids is 1. The molecule has 0 aromatic carbocycles. The standard InChI is InChI=1S/C11H20N2O4S/c1-4-13(5-9(14)12-8(2)3)10(15)6-18-7-11(16)17/h8H,4-7H2,1-3H3,(H,12,14)(H,16,17). The zero-order chi connectivity index (χ0) is 14.1. The molecule has 2 amide bonds. The monoisotopic (exact) mass is 276 g/mol. The van der Waals surface area contributed by atoms with Gasteiger partial charge in [-0.05, 0) is 20.8 Å². The third-order valence-corrected chi connectivity index (χ3v) is 2.87. The number of hydrogen-bond donors (Lipinski definition) is 2. The number of aliphatic carboxylic acids is 1. The Morgan fingerprint density at radius 1 is 1.28 bits per heavy atom. The van der Waals surface area contributed by atoms with Gasteiger partial charge in [0.2, 0.25) is 11.8 Å². The van der Waals surface area contributed by atoms with Crippen molar-refractivity contribution in [3.05, 3.63) is 0 Å². The predicted molar refractivity (Wildman–Crippen MR) is 70.5 cm³/mol. The Bertz CT molecular complexity index is 307. The van der Waals surface area contributed by atoms with E-state index in [4.69, 9.17) is 5.11 Å². The first kappa shape index (κ1) is 16.8. The van der Waals surface area contributed by atoms with Gasteiger partial charge in [-0.3, -0.25) is 14.4 Å². The second kappa shape index (κ2) is 8.79. The molecule has 2 N–H and O–H groups in total. The molecular weight excluding hydrogens is 256 g/mol. The average molecular weight is 276 g/mol. The molecule has 6 nitrogen and oxygen atoms in total. The fraction of sp³-hybridized carbons (Fsp3) is 0.727. The van der Waals surface area contributed by atoms with Gasteiger partial charge in [0.15, 0.2) is 0 Å². The molecule has 0 saturated heterocycles. The van der Waals surface area contributed by atoms with Crippen molar-refractivity contribution in [2.75, 3.05) is 24.6 Å². The Balaban J connectivity index is 4.10. The third kappa shape index (κ3) is 7.94. The lowest BCUT2D eigenvalue weighted by Crippen LogP contribution is -2.43. The van der Waals surface area contributed by atoms with Crippen LogP contribution >= 0.6 is 11.8 Å². The zero-order valence-corrected chi connectivity index (χ0v) is 11.7. The highest BCUT2D eigenvalue weighted by atomic mass is 32.2. The van der Waals surface area contributed by atoms with Gasteiger partial charge in [-0.25, -0.2) is 0 Å². The molecule has 0 fully saturated rings. The van der Waals surface area contributed by atoms with E-state index in [1.54, 1.807) is 6.92 Å². The molecule has 0 radical (unpaired) electrons. The number of carbonyl (C=O) groups excluding carboxylic acids is 2. The van der Waals surface area contributed by atoms with Crippen LogP contribution in [0, 0.1) is 0 Å². The van der Waals surface area contributed by atoms with Crippen LogP contribution in [-0.2, 0) is 14.4 Å². The van der Waals surface area contributed by atoms with E-state index in [1.807, 2.05) is 13.8 Å². The number of thioether (sulfide) groups is 1. The van der Waals surface area contributed by atoms with Crippen LogP contribution in [0.4, 0.5) is 0 Å². The molecule has 0 aliphatic rings. The fourth-order valence-corrected chi connectivity index (χ4v) is 1.87. The molecule has 0 unspecified atom stereocenters. The molecule has 0 saturated carbocycles. The van der Waals surface area contributed by atoms with Crippen LogP contribution in [0.5, 0.6) is 0 Å². The van der Waals surface area contributed by atoms with E-state index < -0.39 is 5.97 Å². The van der Waals surface area contributed by atoms with Gasteiger partial charge in [0.05, 0.1) is 18.1 Å². The molecule has 18 heavy (non-hydrogen) atoms. The normalized spacial score (nSPS) is 10.2. The summed E-state index contributed by atoms with van der Waals surface area (Å²) < 4.78 is 0. The van der Waals surface area contributed by atoms with Gasteiger partial charge >= 0.3 is 5.97 Å². The van der Waals surface area contributed by atoms with E-state index in [0.717, 1.165) is 11.8 Å². The van der Waals surface area contributed by atoms with Crippen LogP contribution in [0.15, 0.2) is 0 Å². The van der Waals surface area contributed by atoms with E-state index in [2.05, 4.69) is 5.32 Å². The number of amides is 2. The van der Waals surface area contributed by atoms with E-state index in [0.29, 0.717) is 6.54 Å². The summed E-state index contributed by atoms with van der Waals surface area (Å²) in [6, 6.07) is 0.0349. The minimum atomic E-state index is -0.951. The maximum Gasteiger partial charge on any atom is 0.313 e. The lowest BCUT2D eigenvalue weighted by molar-refractivity contribution is -0.134. The van der Waals surface area contributed by atoms with Gasteiger partial charge in [0.25, 0.3) is 0 Å². The summed E-state index contributed by atoms with van der Waals surface area (Å²) in [6.07, 6.45) is 0. The molecule has 0 aliphatic heterocycles. The number of likely N-dealkylation sites (N-methyl/N-ethyl adjacent to an activating group) is 1. The number of rotatable bonds is 8. The summed E-state index contributed by atoms with van der Waals surface area (Å²) >= 11 is 1.03. The van der Waals surface area contributed by atoms with Gasteiger partial charge in [0.1, 0.15) is 0 Å². The second-order valence-corrected chi connectivity index (χ2v) is 5.00. The quantitative estimate of drug-likeness (QED) is 0.660. The maximum absolute atomic E-state index is 11.7. The van der Waals surface area contributed by atoms with Crippen molar-refractivity contribution in [3.8, 4) is 0 Å². The highest BCUT2D eigenvalue weighted by molar-refractivity contribution is 8.00. The first-order valence-corrected chi connectivity index (χ1v) is 6.89. The van der Waals surface area contributed by atoms with Crippen molar-refractivity contribution >= 4 is 29.5 Å². The average Bonchev–Trinajstić information content (AvgIpc) is 2.24. The maximum atomic E-state index is 11.7. The van der Waals surface area contributed by atoms with Crippen LogP contribution < -0.4 is 5.32 Å². The Morgan fingerprint density at radius 2 is 1.89 bits per heavy atom. The Kier molecular flexibility index (Phi) is 8.19. The van der Waals surface area contributed by atoms with Gasteiger partial charge in [0, 0.05) is 12.6 Å². The van der Waals surface area contributed by atoms with E-state index in [9.17, 15) is 14.4 Å². The van der Waals surface area contributed by atoms with Crippen molar-refractivity contribution < 1.29 is 19.5 Å². The SMILES string of the molecule is CCN(CC(=O)NC(C)C)C(=O)CSCC(=O)O. The lowest BCUT2D eigenvalue weighted by atomic mass is 10.3. The van der Waals surface area contributed by atoms with Crippen LogP contribution in [0.3, 0.4) is 0 Å². The van der Waals surface area contributed by atoms with Crippen molar-refractivity contribution in [1.82, 2.24) is 10.2 Å². The summed E-state index contributed by atoms with van der Waals surface area (Å²) in [7, 11) is 0. The fourth-order valence-electron chi connectivity index (χ4n) is 1.23. The summed E-state index contributed by atoms with van der Waals surface area (Å²) in [4.78, 5) is 34.9. The minimum Gasteiger partial charge on any atom is -0.481 e. The zero-order valence-electron chi connectivity index (χ0n) is 10.9. The van der Waals surface area contributed by atoms with E-state index >= 15 is 0 Å². The van der Waals surface area contributed by atoms with Crippen molar-refractivity contribution in [2.24, 2.45) is 0 Å². The highest BCUT2D eigenvalue weighted by Crippen LogP contribution is 2.02. The number of nitrogens with one attached hydrogen (secondary N) is 1.